The Morgan fingerprint density at radius 3 is 2.24 bits per heavy atom. The predicted molar refractivity (Wildman–Crippen MR) is 120 cm³/mol. The van der Waals surface area contributed by atoms with Gasteiger partial charge in [0.2, 0.25) is 0 Å². The average Bonchev–Trinajstić information content (AvgIpc) is 2.78. The summed E-state index contributed by atoms with van der Waals surface area (Å²) in [6, 6.07) is 10.4. The van der Waals surface area contributed by atoms with Crippen LogP contribution in [0, 0.1) is 28.9 Å². The molecular formula is C27H29F4NO. The predicted octanol–water partition coefficient (Wildman–Crippen LogP) is 7.82. The molecule has 0 amide bonds. The zero-order chi connectivity index (χ0) is 23.8. The Kier molecular flexibility index (Phi) is 8.68. The van der Waals surface area contributed by atoms with Gasteiger partial charge in [0.05, 0.1) is 13.0 Å². The van der Waals surface area contributed by atoms with Crippen molar-refractivity contribution in [3.63, 3.8) is 0 Å². The van der Waals surface area contributed by atoms with E-state index in [4.69, 9.17) is 10.00 Å². The summed E-state index contributed by atoms with van der Waals surface area (Å²) in [5, 5.41) is 8.68. The van der Waals surface area contributed by atoms with Crippen LogP contribution in [0.2, 0.25) is 0 Å². The van der Waals surface area contributed by atoms with Gasteiger partial charge in [0.15, 0.2) is 0 Å². The number of alkyl halides is 2. The molecule has 2 nitrogen and oxygen atoms in total. The Morgan fingerprint density at radius 2 is 1.67 bits per heavy atom. The number of ether oxygens (including phenoxy) is 1. The molecule has 0 radical (unpaired) electrons. The molecule has 0 aliphatic heterocycles. The summed E-state index contributed by atoms with van der Waals surface area (Å²) in [5.41, 5.74) is 0.771. The first-order chi connectivity index (χ1) is 15.8. The smallest absolute Gasteiger partial charge is 0.315 e. The van der Waals surface area contributed by atoms with Crippen LogP contribution in [-0.4, -0.2) is 6.11 Å². The number of allylic oxidation sites excluding steroid dienone is 2. The van der Waals surface area contributed by atoms with E-state index in [2.05, 4.69) is 12.2 Å². The molecule has 0 N–H and O–H groups in total. The molecule has 33 heavy (non-hydrogen) atoms. The minimum Gasteiger partial charge on any atom is -0.315 e. The maximum atomic E-state index is 14.2. The molecule has 176 valence electrons. The van der Waals surface area contributed by atoms with Gasteiger partial charge in [-0.15, -0.1) is 0 Å². The van der Waals surface area contributed by atoms with Crippen LogP contribution >= 0.6 is 0 Å². The number of benzene rings is 2. The SMILES string of the molecule is C/C=C/CCC1CCC(c2ccc(COC(F)(F)Cc3cc(F)c(C#N)c(F)c3)cc2)CC1. The second-order valence-corrected chi connectivity index (χ2v) is 8.75. The van der Waals surface area contributed by atoms with Crippen molar-refractivity contribution in [2.24, 2.45) is 5.92 Å². The van der Waals surface area contributed by atoms with Crippen LogP contribution in [0.1, 0.15) is 73.6 Å². The fourth-order valence-electron chi connectivity index (χ4n) is 4.48. The Bertz CT molecular complexity index is 963. The first kappa shape index (κ1) is 25.0. The van der Waals surface area contributed by atoms with Gasteiger partial charge in [-0.25, -0.2) is 8.78 Å². The van der Waals surface area contributed by atoms with Crippen LogP contribution in [0.4, 0.5) is 17.6 Å². The first-order valence-electron chi connectivity index (χ1n) is 11.4. The van der Waals surface area contributed by atoms with Crippen LogP contribution in [0.15, 0.2) is 48.6 Å². The normalized spacial score (nSPS) is 19.0. The van der Waals surface area contributed by atoms with E-state index in [1.165, 1.54) is 30.9 Å². The molecule has 0 aromatic heterocycles. The number of nitriles is 1. The molecule has 0 heterocycles. The van der Waals surface area contributed by atoms with Crippen molar-refractivity contribution >= 4 is 0 Å². The Labute approximate surface area is 192 Å². The molecule has 1 fully saturated rings. The number of rotatable bonds is 9. The van der Waals surface area contributed by atoms with Crippen molar-refractivity contribution in [2.45, 2.75) is 70.5 Å². The first-order valence-corrected chi connectivity index (χ1v) is 11.4. The summed E-state index contributed by atoms with van der Waals surface area (Å²) in [7, 11) is 0. The van der Waals surface area contributed by atoms with E-state index < -0.39 is 29.7 Å². The minimum absolute atomic E-state index is 0.273. The van der Waals surface area contributed by atoms with E-state index in [1.807, 2.05) is 19.1 Å². The lowest BCUT2D eigenvalue weighted by Gasteiger charge is -2.28. The molecule has 1 saturated carbocycles. The number of hydrogen-bond acceptors (Lipinski definition) is 2. The third-order valence-corrected chi connectivity index (χ3v) is 6.35. The van der Waals surface area contributed by atoms with Crippen molar-refractivity contribution < 1.29 is 22.3 Å². The average molecular weight is 460 g/mol. The summed E-state index contributed by atoms with van der Waals surface area (Å²) in [6.07, 6.45) is 6.84. The van der Waals surface area contributed by atoms with E-state index in [0.29, 0.717) is 11.5 Å². The maximum absolute atomic E-state index is 14.2. The Morgan fingerprint density at radius 1 is 1.03 bits per heavy atom. The molecule has 0 bridgehead atoms. The fraction of sp³-hybridized carbons (Fsp3) is 0.444. The monoisotopic (exact) mass is 459 g/mol. The highest BCUT2D eigenvalue weighted by atomic mass is 19.3. The molecule has 3 rings (SSSR count). The van der Waals surface area contributed by atoms with Gasteiger partial charge in [-0.3, -0.25) is 0 Å². The van der Waals surface area contributed by atoms with E-state index in [9.17, 15) is 17.6 Å². The van der Waals surface area contributed by atoms with Gasteiger partial charge in [0.1, 0.15) is 23.3 Å². The van der Waals surface area contributed by atoms with E-state index >= 15 is 0 Å². The highest BCUT2D eigenvalue weighted by molar-refractivity contribution is 5.35. The zero-order valence-electron chi connectivity index (χ0n) is 18.8. The van der Waals surface area contributed by atoms with Crippen molar-refractivity contribution in [2.75, 3.05) is 0 Å². The standard InChI is InChI=1S/C27H29F4NO/c1-2-3-4-5-19-6-10-22(11-7-19)23-12-8-20(9-13-23)18-33-27(30,31)16-21-14-25(28)24(17-32)26(29)15-21/h2-3,8-9,12-15,19,22H,4-7,10-11,16,18H2,1H3/b3-2+. The largest absolute Gasteiger partial charge is 0.360 e. The summed E-state index contributed by atoms with van der Waals surface area (Å²) >= 11 is 0. The fourth-order valence-corrected chi connectivity index (χ4v) is 4.48. The molecule has 2 aromatic carbocycles. The van der Waals surface area contributed by atoms with Gasteiger partial charge in [-0.2, -0.15) is 14.0 Å². The summed E-state index contributed by atoms with van der Waals surface area (Å²) in [4.78, 5) is 0. The van der Waals surface area contributed by atoms with Gasteiger partial charge in [-0.1, -0.05) is 36.4 Å². The minimum atomic E-state index is -3.60. The second kappa shape index (κ2) is 11.5. The van der Waals surface area contributed by atoms with Gasteiger partial charge < -0.3 is 4.74 Å². The highest BCUT2D eigenvalue weighted by Gasteiger charge is 2.31. The van der Waals surface area contributed by atoms with E-state index in [-0.39, 0.29) is 12.2 Å². The molecule has 1 aliphatic rings. The lowest BCUT2D eigenvalue weighted by atomic mass is 9.77. The summed E-state index contributed by atoms with van der Waals surface area (Å²) in [6.45, 7) is 1.73. The summed E-state index contributed by atoms with van der Waals surface area (Å²) in [5.74, 6) is -1.04. The van der Waals surface area contributed by atoms with Crippen LogP contribution in [0.3, 0.4) is 0 Å². The lowest BCUT2D eigenvalue weighted by Crippen LogP contribution is -2.24. The molecule has 0 atom stereocenters. The van der Waals surface area contributed by atoms with Crippen molar-refractivity contribution in [1.82, 2.24) is 0 Å². The molecule has 0 spiro atoms. The van der Waals surface area contributed by atoms with E-state index in [1.54, 1.807) is 12.1 Å². The maximum Gasteiger partial charge on any atom is 0.360 e. The van der Waals surface area contributed by atoms with Gasteiger partial charge in [0.25, 0.3) is 0 Å². The molecule has 6 heteroatoms. The van der Waals surface area contributed by atoms with Gasteiger partial charge >= 0.3 is 6.11 Å². The van der Waals surface area contributed by atoms with E-state index in [0.717, 1.165) is 37.3 Å². The quantitative estimate of drug-likeness (QED) is 0.283. The van der Waals surface area contributed by atoms with Gasteiger partial charge in [0, 0.05) is 0 Å². The van der Waals surface area contributed by atoms with Crippen LogP contribution in [-0.2, 0) is 17.8 Å². The van der Waals surface area contributed by atoms with Gasteiger partial charge in [-0.05, 0) is 86.1 Å². The van der Waals surface area contributed by atoms with Crippen LogP contribution in [0.25, 0.3) is 0 Å². The van der Waals surface area contributed by atoms with Crippen LogP contribution < -0.4 is 0 Å². The third-order valence-electron chi connectivity index (χ3n) is 6.35. The number of halogens is 4. The summed E-state index contributed by atoms with van der Waals surface area (Å²) < 4.78 is 60.5. The topological polar surface area (TPSA) is 33.0 Å². The number of hydrogen-bond donors (Lipinski definition) is 0. The van der Waals surface area contributed by atoms with Crippen LogP contribution in [0.5, 0.6) is 0 Å². The van der Waals surface area contributed by atoms with Crippen molar-refractivity contribution in [3.05, 3.63) is 82.4 Å². The van der Waals surface area contributed by atoms with Crippen molar-refractivity contribution in [3.8, 4) is 6.07 Å². The van der Waals surface area contributed by atoms with Crippen molar-refractivity contribution in [1.29, 1.82) is 5.26 Å². The highest BCUT2D eigenvalue weighted by Crippen LogP contribution is 2.37. The molecular weight excluding hydrogens is 430 g/mol. The third kappa shape index (κ3) is 7.17. The Balaban J connectivity index is 1.50. The zero-order valence-corrected chi connectivity index (χ0v) is 18.8. The molecule has 0 saturated heterocycles. The lowest BCUT2D eigenvalue weighted by molar-refractivity contribution is -0.244. The molecule has 1 aliphatic carbocycles. The molecule has 0 unspecified atom stereocenters. The second-order valence-electron chi connectivity index (χ2n) is 8.75. The molecule has 2 aromatic rings. The Hall–Kier alpha value is -2.65. The number of nitrogens with zero attached hydrogens (tertiary/aromatic N) is 1.